The Labute approximate surface area is 186 Å². The van der Waals surface area contributed by atoms with E-state index in [0.29, 0.717) is 26.2 Å². The first-order chi connectivity index (χ1) is 15.6. The number of anilines is 1. The van der Waals surface area contributed by atoms with Gasteiger partial charge in [0.05, 0.1) is 5.69 Å². The van der Waals surface area contributed by atoms with Crippen LogP contribution in [0.1, 0.15) is 19.8 Å². The molecule has 2 amide bonds. The van der Waals surface area contributed by atoms with Crippen molar-refractivity contribution in [3.63, 3.8) is 0 Å². The van der Waals surface area contributed by atoms with E-state index >= 15 is 0 Å². The van der Waals surface area contributed by atoms with Crippen molar-refractivity contribution in [3.05, 3.63) is 30.3 Å². The van der Waals surface area contributed by atoms with Crippen LogP contribution in [-0.4, -0.2) is 77.9 Å². The van der Waals surface area contributed by atoms with E-state index in [1.807, 2.05) is 40.1 Å². The highest BCUT2D eigenvalue weighted by Gasteiger charge is 2.31. The number of benzene rings is 1. The number of hydrogen-bond donors (Lipinski definition) is 0. The molecule has 0 atom stereocenters. The molecule has 0 aliphatic carbocycles. The van der Waals surface area contributed by atoms with E-state index in [1.165, 1.54) is 0 Å². The summed E-state index contributed by atoms with van der Waals surface area (Å²) in [5.74, 6) is 2.62. The molecule has 0 N–H and O–H groups in total. The van der Waals surface area contributed by atoms with Crippen LogP contribution in [-0.2, 0) is 9.59 Å². The van der Waals surface area contributed by atoms with Gasteiger partial charge in [0.2, 0.25) is 18.6 Å². The van der Waals surface area contributed by atoms with Crippen molar-refractivity contribution in [3.8, 4) is 22.8 Å². The first kappa shape index (κ1) is 20.5. The lowest BCUT2D eigenvalue weighted by molar-refractivity contribution is -0.140. The van der Waals surface area contributed by atoms with E-state index in [0.717, 1.165) is 54.5 Å². The lowest BCUT2D eigenvalue weighted by atomic mass is 9.95. The lowest BCUT2D eigenvalue weighted by Gasteiger charge is -2.38. The van der Waals surface area contributed by atoms with Gasteiger partial charge in [0.1, 0.15) is 0 Å². The van der Waals surface area contributed by atoms with Crippen molar-refractivity contribution < 1.29 is 19.1 Å². The smallest absolute Gasteiger partial charge is 0.231 e. The Bertz CT molecular complexity index is 996. The molecule has 9 heteroatoms. The van der Waals surface area contributed by atoms with Crippen LogP contribution in [0.5, 0.6) is 11.5 Å². The Hall–Kier alpha value is -3.36. The molecule has 3 aliphatic rings. The highest BCUT2D eigenvalue weighted by atomic mass is 16.7. The van der Waals surface area contributed by atoms with Crippen LogP contribution in [0.15, 0.2) is 30.3 Å². The third-order valence-electron chi connectivity index (χ3n) is 6.52. The minimum atomic E-state index is 0.0259. The van der Waals surface area contributed by atoms with Gasteiger partial charge in [-0.05, 0) is 43.2 Å². The van der Waals surface area contributed by atoms with Crippen LogP contribution in [0.25, 0.3) is 11.3 Å². The van der Waals surface area contributed by atoms with E-state index in [2.05, 4.69) is 15.1 Å². The SMILES string of the molecule is CC(=O)N1CCC(C(=O)N2CCN(c3ccc(-c4ccc5c(c4)OCO5)nn3)CC2)CC1. The van der Waals surface area contributed by atoms with Crippen LogP contribution >= 0.6 is 0 Å². The molecule has 0 bridgehead atoms. The topological polar surface area (TPSA) is 88.1 Å². The number of likely N-dealkylation sites (tertiary alicyclic amines) is 1. The molecule has 9 nitrogen and oxygen atoms in total. The van der Waals surface area contributed by atoms with Gasteiger partial charge in [-0.2, -0.15) is 0 Å². The van der Waals surface area contributed by atoms with E-state index < -0.39 is 0 Å². The number of piperidine rings is 1. The van der Waals surface area contributed by atoms with E-state index in [-0.39, 0.29) is 24.5 Å². The Morgan fingerprint density at radius 3 is 2.31 bits per heavy atom. The third kappa shape index (κ3) is 4.06. The highest BCUT2D eigenvalue weighted by molar-refractivity contribution is 5.80. The summed E-state index contributed by atoms with van der Waals surface area (Å²) in [6, 6.07) is 9.68. The molecule has 2 saturated heterocycles. The molecule has 168 valence electrons. The summed E-state index contributed by atoms with van der Waals surface area (Å²) in [6.45, 7) is 6.01. The molecular formula is C23H27N5O4. The minimum absolute atomic E-state index is 0.0259. The van der Waals surface area contributed by atoms with Gasteiger partial charge in [-0.1, -0.05) is 0 Å². The number of aromatic nitrogens is 2. The standard InChI is InChI=1S/C23H27N5O4/c1-16(29)26-8-6-17(7-9-26)23(30)28-12-10-27(11-13-28)22-5-3-19(24-25-22)18-2-4-20-21(14-18)32-15-31-20/h2-5,14,17H,6-13,15H2,1H3. The van der Waals surface area contributed by atoms with Crippen molar-refractivity contribution in [2.75, 3.05) is 51.0 Å². The third-order valence-corrected chi connectivity index (χ3v) is 6.52. The average Bonchev–Trinajstić information content (AvgIpc) is 3.32. The first-order valence-electron chi connectivity index (χ1n) is 11.1. The molecule has 5 rings (SSSR count). The maximum atomic E-state index is 12.9. The molecule has 1 aromatic heterocycles. The fourth-order valence-corrected chi connectivity index (χ4v) is 4.56. The summed E-state index contributed by atoms with van der Waals surface area (Å²) >= 11 is 0. The number of hydrogen-bond acceptors (Lipinski definition) is 7. The maximum Gasteiger partial charge on any atom is 0.231 e. The van der Waals surface area contributed by atoms with Crippen LogP contribution in [0, 0.1) is 5.92 Å². The van der Waals surface area contributed by atoms with Gasteiger partial charge in [-0.25, -0.2) is 0 Å². The Kier molecular flexibility index (Phi) is 5.55. The lowest BCUT2D eigenvalue weighted by Crippen LogP contribution is -2.52. The van der Waals surface area contributed by atoms with Crippen molar-refractivity contribution in [1.29, 1.82) is 0 Å². The van der Waals surface area contributed by atoms with E-state index in [4.69, 9.17) is 9.47 Å². The Morgan fingerprint density at radius 1 is 0.875 bits per heavy atom. The zero-order valence-corrected chi connectivity index (χ0v) is 18.2. The fraction of sp³-hybridized carbons (Fsp3) is 0.478. The minimum Gasteiger partial charge on any atom is -0.454 e. The van der Waals surface area contributed by atoms with Gasteiger partial charge in [0, 0.05) is 57.7 Å². The second kappa shape index (κ2) is 8.64. The second-order valence-corrected chi connectivity index (χ2v) is 8.44. The molecule has 0 spiro atoms. The number of carbonyl (C=O) groups is 2. The monoisotopic (exact) mass is 437 g/mol. The van der Waals surface area contributed by atoms with Gasteiger partial charge in [0.25, 0.3) is 0 Å². The number of carbonyl (C=O) groups excluding carboxylic acids is 2. The number of amides is 2. The van der Waals surface area contributed by atoms with Crippen molar-refractivity contribution in [2.45, 2.75) is 19.8 Å². The average molecular weight is 438 g/mol. The van der Waals surface area contributed by atoms with Crippen LogP contribution in [0.2, 0.25) is 0 Å². The van der Waals surface area contributed by atoms with Gasteiger partial charge in [-0.15, -0.1) is 10.2 Å². The molecule has 1 aromatic carbocycles. The molecule has 0 radical (unpaired) electrons. The Balaban J connectivity index is 1.16. The van der Waals surface area contributed by atoms with E-state index in [9.17, 15) is 9.59 Å². The molecule has 4 heterocycles. The Morgan fingerprint density at radius 2 is 1.62 bits per heavy atom. The largest absolute Gasteiger partial charge is 0.454 e. The van der Waals surface area contributed by atoms with E-state index in [1.54, 1.807) is 6.92 Å². The summed E-state index contributed by atoms with van der Waals surface area (Å²) in [5, 5.41) is 8.82. The predicted octanol–water partition coefficient (Wildman–Crippen LogP) is 1.78. The quantitative estimate of drug-likeness (QED) is 0.723. The van der Waals surface area contributed by atoms with Crippen molar-refractivity contribution in [2.24, 2.45) is 5.92 Å². The van der Waals surface area contributed by atoms with Gasteiger partial charge in [0.15, 0.2) is 17.3 Å². The summed E-state index contributed by atoms with van der Waals surface area (Å²) in [4.78, 5) is 30.4. The summed E-state index contributed by atoms with van der Waals surface area (Å²) in [5.41, 5.74) is 1.71. The number of nitrogens with zero attached hydrogens (tertiary/aromatic N) is 5. The number of fused-ring (bicyclic) bond motifs is 1. The van der Waals surface area contributed by atoms with Crippen LogP contribution in [0.3, 0.4) is 0 Å². The van der Waals surface area contributed by atoms with Crippen LogP contribution in [0.4, 0.5) is 5.82 Å². The predicted molar refractivity (Wildman–Crippen MR) is 117 cm³/mol. The first-order valence-corrected chi connectivity index (χ1v) is 11.1. The van der Waals surface area contributed by atoms with Crippen LogP contribution < -0.4 is 14.4 Å². The van der Waals surface area contributed by atoms with Gasteiger partial charge < -0.3 is 24.2 Å². The molecule has 2 aromatic rings. The van der Waals surface area contributed by atoms with Crippen molar-refractivity contribution >= 4 is 17.6 Å². The molecule has 0 unspecified atom stereocenters. The summed E-state index contributed by atoms with van der Waals surface area (Å²) in [7, 11) is 0. The molecule has 0 saturated carbocycles. The maximum absolute atomic E-state index is 12.9. The zero-order valence-electron chi connectivity index (χ0n) is 18.2. The summed E-state index contributed by atoms with van der Waals surface area (Å²) < 4.78 is 10.8. The zero-order chi connectivity index (χ0) is 22.1. The molecule has 3 aliphatic heterocycles. The molecule has 32 heavy (non-hydrogen) atoms. The normalized spacial score (nSPS) is 18.7. The van der Waals surface area contributed by atoms with Gasteiger partial charge >= 0.3 is 0 Å². The van der Waals surface area contributed by atoms with Crippen molar-refractivity contribution in [1.82, 2.24) is 20.0 Å². The highest BCUT2D eigenvalue weighted by Crippen LogP contribution is 2.35. The number of rotatable bonds is 3. The summed E-state index contributed by atoms with van der Waals surface area (Å²) in [6.07, 6.45) is 1.51. The van der Waals surface area contributed by atoms with Gasteiger partial charge in [-0.3, -0.25) is 9.59 Å². The second-order valence-electron chi connectivity index (χ2n) is 8.44. The molecular weight excluding hydrogens is 410 g/mol. The number of piperazine rings is 1. The number of ether oxygens (including phenoxy) is 2. The molecule has 2 fully saturated rings. The fourth-order valence-electron chi connectivity index (χ4n) is 4.56.